The summed E-state index contributed by atoms with van der Waals surface area (Å²) in [5.41, 5.74) is 7.38. The van der Waals surface area contributed by atoms with Crippen LogP contribution < -0.4 is 15.2 Å². The van der Waals surface area contributed by atoms with Gasteiger partial charge in [-0.25, -0.2) is 0 Å². The first-order chi connectivity index (χ1) is 9.04. The first-order valence-electron chi connectivity index (χ1n) is 6.89. The monoisotopic (exact) mass is 329 g/mol. The van der Waals surface area contributed by atoms with E-state index in [0.29, 0.717) is 19.1 Å². The fraction of sp³-hybridized carbons (Fsp3) is 0.600. The van der Waals surface area contributed by atoms with E-state index in [1.165, 1.54) is 0 Å². The first kappa shape index (κ1) is 16.3. The van der Waals surface area contributed by atoms with E-state index in [0.717, 1.165) is 28.0 Å². The molecule has 0 aliphatic heterocycles. The summed E-state index contributed by atoms with van der Waals surface area (Å²) in [6.07, 6.45) is 1.05. The molecule has 0 aromatic heterocycles. The summed E-state index contributed by atoms with van der Waals surface area (Å²) in [6.45, 7) is 9.46. The first-order valence-corrected chi connectivity index (χ1v) is 7.68. The largest absolute Gasteiger partial charge is 0.490 e. The SMILES string of the molecule is CCOc1cc(Br)c(C(N)C(C)CC)cc1OCC. The molecule has 108 valence electrons. The summed E-state index contributed by atoms with van der Waals surface area (Å²) < 4.78 is 12.2. The van der Waals surface area contributed by atoms with Crippen LogP contribution in [0.5, 0.6) is 11.5 Å². The predicted molar refractivity (Wildman–Crippen MR) is 82.9 cm³/mol. The topological polar surface area (TPSA) is 44.5 Å². The Morgan fingerprint density at radius 3 is 2.11 bits per heavy atom. The summed E-state index contributed by atoms with van der Waals surface area (Å²) in [5, 5.41) is 0. The molecule has 0 saturated heterocycles. The van der Waals surface area contributed by atoms with Crippen molar-refractivity contribution >= 4 is 15.9 Å². The predicted octanol–water partition coefficient (Wildman–Crippen LogP) is 4.29. The van der Waals surface area contributed by atoms with E-state index in [4.69, 9.17) is 15.2 Å². The number of nitrogens with two attached hydrogens (primary N) is 1. The molecule has 2 N–H and O–H groups in total. The van der Waals surface area contributed by atoms with Gasteiger partial charge < -0.3 is 15.2 Å². The molecule has 4 heteroatoms. The molecule has 0 aliphatic rings. The smallest absolute Gasteiger partial charge is 0.162 e. The molecule has 1 aromatic carbocycles. The highest BCUT2D eigenvalue weighted by atomic mass is 79.9. The van der Waals surface area contributed by atoms with Crippen LogP contribution in [0.3, 0.4) is 0 Å². The van der Waals surface area contributed by atoms with Crippen molar-refractivity contribution in [2.45, 2.75) is 40.2 Å². The second-order valence-electron chi connectivity index (χ2n) is 4.60. The van der Waals surface area contributed by atoms with E-state index in [1.807, 2.05) is 26.0 Å². The Balaban J connectivity index is 3.15. The molecular formula is C15H24BrNO2. The van der Waals surface area contributed by atoms with Crippen molar-refractivity contribution in [3.8, 4) is 11.5 Å². The zero-order chi connectivity index (χ0) is 14.4. The van der Waals surface area contributed by atoms with Gasteiger partial charge in [-0.2, -0.15) is 0 Å². The molecule has 0 radical (unpaired) electrons. The summed E-state index contributed by atoms with van der Waals surface area (Å²) >= 11 is 3.58. The molecule has 0 saturated carbocycles. The average Bonchev–Trinajstić information content (AvgIpc) is 2.40. The van der Waals surface area contributed by atoms with Crippen LogP contribution in [0.15, 0.2) is 16.6 Å². The minimum Gasteiger partial charge on any atom is -0.490 e. The van der Waals surface area contributed by atoms with Gasteiger partial charge in [0.1, 0.15) is 0 Å². The normalized spacial score (nSPS) is 14.0. The summed E-state index contributed by atoms with van der Waals surface area (Å²) in [4.78, 5) is 0. The summed E-state index contributed by atoms with van der Waals surface area (Å²) in [6, 6.07) is 3.94. The van der Waals surface area contributed by atoms with Crippen molar-refractivity contribution in [1.29, 1.82) is 0 Å². The van der Waals surface area contributed by atoms with Gasteiger partial charge in [-0.05, 0) is 37.5 Å². The fourth-order valence-corrected chi connectivity index (χ4v) is 2.49. The zero-order valence-corrected chi connectivity index (χ0v) is 13.8. The maximum Gasteiger partial charge on any atom is 0.162 e. The van der Waals surface area contributed by atoms with Gasteiger partial charge in [0.05, 0.1) is 13.2 Å². The van der Waals surface area contributed by atoms with Gasteiger partial charge >= 0.3 is 0 Å². The molecule has 0 fully saturated rings. The Labute approximate surface area is 124 Å². The summed E-state index contributed by atoms with van der Waals surface area (Å²) in [5.74, 6) is 1.95. The van der Waals surface area contributed by atoms with Crippen molar-refractivity contribution in [2.75, 3.05) is 13.2 Å². The third kappa shape index (κ3) is 4.11. The van der Waals surface area contributed by atoms with Crippen LogP contribution in [0.1, 0.15) is 45.7 Å². The third-order valence-electron chi connectivity index (χ3n) is 3.28. The van der Waals surface area contributed by atoms with Gasteiger partial charge in [0.25, 0.3) is 0 Å². The number of benzene rings is 1. The second-order valence-corrected chi connectivity index (χ2v) is 5.45. The maximum atomic E-state index is 6.31. The Bertz CT molecular complexity index is 409. The van der Waals surface area contributed by atoms with Gasteiger partial charge in [-0.1, -0.05) is 36.2 Å². The van der Waals surface area contributed by atoms with Gasteiger partial charge in [-0.15, -0.1) is 0 Å². The van der Waals surface area contributed by atoms with Crippen LogP contribution in [-0.4, -0.2) is 13.2 Å². The van der Waals surface area contributed by atoms with Gasteiger partial charge in [0.2, 0.25) is 0 Å². The maximum absolute atomic E-state index is 6.31. The van der Waals surface area contributed by atoms with Gasteiger partial charge in [0.15, 0.2) is 11.5 Å². The average molecular weight is 330 g/mol. The van der Waals surface area contributed by atoms with Crippen molar-refractivity contribution < 1.29 is 9.47 Å². The second kappa shape index (κ2) is 7.75. The van der Waals surface area contributed by atoms with Crippen molar-refractivity contribution in [3.05, 3.63) is 22.2 Å². The summed E-state index contributed by atoms with van der Waals surface area (Å²) in [7, 11) is 0. The zero-order valence-electron chi connectivity index (χ0n) is 12.2. The number of rotatable bonds is 7. The molecule has 0 amide bonds. The highest BCUT2D eigenvalue weighted by Crippen LogP contribution is 2.38. The van der Waals surface area contributed by atoms with Gasteiger partial charge in [-0.3, -0.25) is 0 Å². The lowest BCUT2D eigenvalue weighted by molar-refractivity contribution is 0.286. The molecular weight excluding hydrogens is 306 g/mol. The Hall–Kier alpha value is -0.740. The van der Waals surface area contributed by atoms with Crippen molar-refractivity contribution in [2.24, 2.45) is 11.7 Å². The van der Waals surface area contributed by atoms with E-state index in [-0.39, 0.29) is 6.04 Å². The lowest BCUT2D eigenvalue weighted by atomic mass is 9.93. The number of hydrogen-bond donors (Lipinski definition) is 1. The molecule has 2 unspecified atom stereocenters. The molecule has 0 aliphatic carbocycles. The van der Waals surface area contributed by atoms with E-state index in [9.17, 15) is 0 Å². The minimum absolute atomic E-state index is 0.00532. The number of hydrogen-bond acceptors (Lipinski definition) is 3. The molecule has 0 bridgehead atoms. The molecule has 3 nitrogen and oxygen atoms in total. The van der Waals surface area contributed by atoms with Gasteiger partial charge in [0, 0.05) is 10.5 Å². The van der Waals surface area contributed by atoms with Crippen LogP contribution >= 0.6 is 15.9 Å². The lowest BCUT2D eigenvalue weighted by Gasteiger charge is -2.22. The van der Waals surface area contributed by atoms with Crippen LogP contribution in [0.4, 0.5) is 0 Å². The van der Waals surface area contributed by atoms with E-state index in [2.05, 4.69) is 29.8 Å². The molecule has 1 rings (SSSR count). The van der Waals surface area contributed by atoms with Crippen LogP contribution in [0, 0.1) is 5.92 Å². The molecule has 0 spiro atoms. The molecule has 1 aromatic rings. The Kier molecular flexibility index (Phi) is 6.66. The number of ether oxygens (including phenoxy) is 2. The minimum atomic E-state index is -0.00532. The molecule has 19 heavy (non-hydrogen) atoms. The molecule has 0 heterocycles. The van der Waals surface area contributed by atoms with Crippen molar-refractivity contribution in [3.63, 3.8) is 0 Å². The highest BCUT2D eigenvalue weighted by molar-refractivity contribution is 9.10. The van der Waals surface area contributed by atoms with E-state index < -0.39 is 0 Å². The Morgan fingerprint density at radius 1 is 1.11 bits per heavy atom. The van der Waals surface area contributed by atoms with Crippen LogP contribution in [0.2, 0.25) is 0 Å². The molecule has 2 atom stereocenters. The van der Waals surface area contributed by atoms with E-state index in [1.54, 1.807) is 0 Å². The highest BCUT2D eigenvalue weighted by Gasteiger charge is 2.19. The van der Waals surface area contributed by atoms with E-state index >= 15 is 0 Å². The Morgan fingerprint density at radius 2 is 1.63 bits per heavy atom. The standard InChI is InChI=1S/C15H24BrNO2/c1-5-10(4)15(17)11-8-13(18-6-2)14(19-7-3)9-12(11)16/h8-10,15H,5-7,17H2,1-4H3. The fourth-order valence-electron chi connectivity index (χ4n) is 1.90. The lowest BCUT2D eigenvalue weighted by Crippen LogP contribution is -2.19. The van der Waals surface area contributed by atoms with Crippen LogP contribution in [-0.2, 0) is 0 Å². The van der Waals surface area contributed by atoms with Crippen LogP contribution in [0.25, 0.3) is 0 Å². The van der Waals surface area contributed by atoms with Crippen molar-refractivity contribution in [1.82, 2.24) is 0 Å². The quantitative estimate of drug-likeness (QED) is 0.811. The third-order valence-corrected chi connectivity index (χ3v) is 3.97. The number of halogens is 1.